The van der Waals surface area contributed by atoms with Crippen LogP contribution in [0.3, 0.4) is 0 Å². The van der Waals surface area contributed by atoms with E-state index in [-0.39, 0.29) is 5.91 Å². The van der Waals surface area contributed by atoms with Gasteiger partial charge in [-0.1, -0.05) is 199 Å². The molecule has 0 aromatic rings. The van der Waals surface area contributed by atoms with Crippen LogP contribution in [0.5, 0.6) is 0 Å². The lowest BCUT2D eigenvalue weighted by atomic mass is 10.0. The van der Waals surface area contributed by atoms with Crippen LogP contribution in [0.2, 0.25) is 0 Å². The molecule has 1 amide bonds. The topological polar surface area (TPSA) is 104 Å². The molecule has 2 atom stereocenters. The molecule has 0 saturated heterocycles. The maximum atomic E-state index is 12.5. The van der Waals surface area contributed by atoms with Gasteiger partial charge in [-0.05, 0) is 32.1 Å². The van der Waals surface area contributed by atoms with Crippen LogP contribution in [0, 0.1) is 0 Å². The molecule has 0 spiro atoms. The van der Waals surface area contributed by atoms with Gasteiger partial charge in [-0.15, -0.1) is 0 Å². The summed E-state index contributed by atoms with van der Waals surface area (Å²) in [5.41, 5.74) is 0. The smallest absolute Gasteiger partial charge is 0.267 e. The van der Waals surface area contributed by atoms with Gasteiger partial charge in [0.1, 0.15) is 0 Å². The fraction of sp³-hybridized carbons (Fsp3) is 0.878. The van der Waals surface area contributed by atoms with E-state index in [4.69, 9.17) is 0 Å². The van der Waals surface area contributed by atoms with E-state index in [2.05, 4.69) is 31.3 Å². The Balaban J connectivity index is 3.77. The van der Waals surface area contributed by atoms with E-state index in [9.17, 15) is 22.9 Å². The van der Waals surface area contributed by atoms with Crippen LogP contribution in [0.15, 0.2) is 24.3 Å². The first kappa shape index (κ1) is 46.8. The summed E-state index contributed by atoms with van der Waals surface area (Å²) >= 11 is 0. The van der Waals surface area contributed by atoms with Crippen molar-refractivity contribution >= 4 is 16.0 Å². The van der Waals surface area contributed by atoms with E-state index < -0.39 is 28.0 Å². The molecule has 0 aliphatic heterocycles. The third-order valence-electron chi connectivity index (χ3n) is 9.38. The maximum Gasteiger partial charge on any atom is 0.267 e. The van der Waals surface area contributed by atoms with E-state index >= 15 is 0 Å². The summed E-state index contributed by atoms with van der Waals surface area (Å²) in [6, 6.07) is -1.07. The molecule has 3 N–H and O–H groups in total. The minimum Gasteiger partial charge on any atom is -0.387 e. The average molecular weight is 698 g/mol. The molecule has 0 heterocycles. The highest BCUT2D eigenvalue weighted by atomic mass is 32.2. The van der Waals surface area contributed by atoms with Crippen molar-refractivity contribution in [3.63, 3.8) is 0 Å². The van der Waals surface area contributed by atoms with E-state index in [1.165, 1.54) is 160 Å². The molecule has 6 nitrogen and oxygen atoms in total. The Hall–Kier alpha value is -1.18. The second kappa shape index (κ2) is 35.6. The maximum absolute atomic E-state index is 12.5. The molecule has 0 radical (unpaired) electrons. The van der Waals surface area contributed by atoms with Crippen LogP contribution >= 0.6 is 0 Å². The highest BCUT2D eigenvalue weighted by Crippen LogP contribution is 2.16. The summed E-state index contributed by atoms with van der Waals surface area (Å²) < 4.78 is 32.3. The van der Waals surface area contributed by atoms with Crippen molar-refractivity contribution in [1.29, 1.82) is 0 Å². The summed E-state index contributed by atoms with van der Waals surface area (Å²) in [5, 5.41) is 13.1. The molecule has 48 heavy (non-hydrogen) atoms. The van der Waals surface area contributed by atoms with Crippen LogP contribution in [-0.4, -0.2) is 41.9 Å². The predicted octanol–water partition coefficient (Wildman–Crippen LogP) is 12.0. The van der Waals surface area contributed by atoms with Gasteiger partial charge in [0.25, 0.3) is 10.1 Å². The van der Waals surface area contributed by atoms with Crippen LogP contribution in [0.4, 0.5) is 0 Å². The summed E-state index contributed by atoms with van der Waals surface area (Å²) in [7, 11) is -4.34. The zero-order valence-electron chi connectivity index (χ0n) is 31.6. The Labute approximate surface area is 298 Å². The lowest BCUT2D eigenvalue weighted by Gasteiger charge is -2.21. The Morgan fingerprint density at radius 3 is 1.31 bits per heavy atom. The molecule has 2 unspecified atom stereocenters. The minimum absolute atomic E-state index is 0.286. The molecule has 0 fully saturated rings. The van der Waals surface area contributed by atoms with Crippen LogP contribution in [0.25, 0.3) is 0 Å². The number of carbonyl (C=O) groups excluding carboxylic acids is 1. The van der Waals surface area contributed by atoms with Gasteiger partial charge < -0.3 is 10.4 Å². The quantitative estimate of drug-likeness (QED) is 0.0340. The van der Waals surface area contributed by atoms with Crippen LogP contribution < -0.4 is 5.32 Å². The second-order valence-corrected chi connectivity index (χ2v) is 15.8. The second-order valence-electron chi connectivity index (χ2n) is 14.3. The Morgan fingerprint density at radius 1 is 0.542 bits per heavy atom. The first-order valence-corrected chi connectivity index (χ1v) is 22.1. The van der Waals surface area contributed by atoms with E-state index in [1.54, 1.807) is 6.08 Å². The number of hydrogen-bond acceptors (Lipinski definition) is 4. The van der Waals surface area contributed by atoms with Gasteiger partial charge >= 0.3 is 0 Å². The number of unbranched alkanes of at least 4 members (excludes halogenated alkanes) is 27. The zero-order valence-corrected chi connectivity index (χ0v) is 32.4. The van der Waals surface area contributed by atoms with Crippen molar-refractivity contribution in [3.05, 3.63) is 24.3 Å². The molecule has 0 aromatic carbocycles. The summed E-state index contributed by atoms with van der Waals surface area (Å²) in [5.74, 6) is -0.994. The number of aliphatic hydroxyl groups is 1. The van der Waals surface area contributed by atoms with Crippen molar-refractivity contribution in [2.75, 3.05) is 5.75 Å². The number of aliphatic hydroxyl groups excluding tert-OH is 1. The number of amides is 1. The predicted molar refractivity (Wildman–Crippen MR) is 207 cm³/mol. The Morgan fingerprint density at radius 2 is 0.896 bits per heavy atom. The largest absolute Gasteiger partial charge is 0.387 e. The van der Waals surface area contributed by atoms with Crippen LogP contribution in [0.1, 0.15) is 213 Å². The van der Waals surface area contributed by atoms with Gasteiger partial charge in [0.15, 0.2) is 0 Å². The van der Waals surface area contributed by atoms with Gasteiger partial charge in [-0.2, -0.15) is 8.42 Å². The normalized spacial score (nSPS) is 13.5. The number of allylic oxidation sites excluding steroid dienone is 3. The Bertz CT molecular complexity index is 857. The third-order valence-corrected chi connectivity index (χ3v) is 10.2. The lowest BCUT2D eigenvalue weighted by Crippen LogP contribution is -2.46. The van der Waals surface area contributed by atoms with E-state index in [0.717, 1.165) is 32.1 Å². The van der Waals surface area contributed by atoms with E-state index in [0.29, 0.717) is 12.8 Å². The molecule has 7 heteroatoms. The fourth-order valence-corrected chi connectivity index (χ4v) is 7.02. The van der Waals surface area contributed by atoms with Gasteiger partial charge in [-0.3, -0.25) is 9.35 Å². The van der Waals surface area contributed by atoms with Crippen LogP contribution in [-0.2, 0) is 14.9 Å². The first-order valence-electron chi connectivity index (χ1n) is 20.5. The molecular formula is C41H79NO5S. The lowest BCUT2D eigenvalue weighted by molar-refractivity contribution is -0.122. The van der Waals surface area contributed by atoms with Crippen molar-refractivity contribution in [2.24, 2.45) is 0 Å². The molecule has 0 rings (SSSR count). The first-order chi connectivity index (χ1) is 23.3. The minimum atomic E-state index is -4.34. The highest BCUT2D eigenvalue weighted by Gasteiger charge is 2.24. The summed E-state index contributed by atoms with van der Waals surface area (Å²) in [6.45, 7) is 4.48. The molecular weight excluding hydrogens is 619 g/mol. The molecule has 0 saturated carbocycles. The fourth-order valence-electron chi connectivity index (χ4n) is 6.29. The number of rotatable bonds is 37. The summed E-state index contributed by atoms with van der Waals surface area (Å²) in [4.78, 5) is 12.5. The Kier molecular flexibility index (Phi) is 34.8. The average Bonchev–Trinajstić information content (AvgIpc) is 3.05. The molecule has 0 aliphatic carbocycles. The molecule has 0 aromatic heterocycles. The van der Waals surface area contributed by atoms with Gasteiger partial charge in [0.05, 0.1) is 17.9 Å². The van der Waals surface area contributed by atoms with Crippen molar-refractivity contribution < 1.29 is 22.9 Å². The number of nitrogens with one attached hydrogen (secondary N) is 1. The third kappa shape index (κ3) is 36.1. The van der Waals surface area contributed by atoms with Crippen molar-refractivity contribution in [2.45, 2.75) is 225 Å². The number of hydrogen-bond donors (Lipinski definition) is 3. The molecule has 0 bridgehead atoms. The monoisotopic (exact) mass is 698 g/mol. The van der Waals surface area contributed by atoms with Gasteiger partial charge in [0.2, 0.25) is 5.91 Å². The van der Waals surface area contributed by atoms with Gasteiger partial charge in [0, 0.05) is 6.42 Å². The van der Waals surface area contributed by atoms with Crippen molar-refractivity contribution in [1.82, 2.24) is 5.32 Å². The number of carbonyl (C=O) groups is 1. The van der Waals surface area contributed by atoms with Crippen molar-refractivity contribution in [3.8, 4) is 0 Å². The molecule has 0 aliphatic rings. The highest BCUT2D eigenvalue weighted by molar-refractivity contribution is 7.85. The van der Waals surface area contributed by atoms with E-state index in [1.807, 2.05) is 0 Å². The zero-order chi connectivity index (χ0) is 35.4. The molecule has 284 valence electrons. The summed E-state index contributed by atoms with van der Waals surface area (Å²) in [6.07, 6.45) is 44.7. The van der Waals surface area contributed by atoms with Gasteiger partial charge in [-0.25, -0.2) is 0 Å². The SMILES string of the molecule is CCCCCC/C=C/CC/C=C/C(O)C(CS(=O)(=O)O)NC(=O)CCCCCCCCCCCCCCCCCCCCCCCCC. The standard InChI is InChI=1S/C41H79NO5S/c1-3-5-7-9-11-13-15-16-17-18-19-20-21-22-23-24-25-26-27-29-31-33-35-37-41(44)42-39(38-48(45,46)47)40(43)36-34-32-30-28-14-12-10-8-6-4-2/h14,28,34,36,39-40,43H,3-13,15-27,29-33,35,37-38H2,1-2H3,(H,42,44)(H,45,46,47)/b28-14+,36-34+.